The molecule has 1 aromatic carbocycles. The summed E-state index contributed by atoms with van der Waals surface area (Å²) in [4.78, 5) is 15.3. The maximum absolute atomic E-state index is 12.8. The molecule has 0 saturated carbocycles. The van der Waals surface area contributed by atoms with Crippen LogP contribution in [0, 0.1) is 5.82 Å². The zero-order chi connectivity index (χ0) is 12.3. The second-order valence-electron chi connectivity index (χ2n) is 3.85. The van der Waals surface area contributed by atoms with Gasteiger partial charge in [0, 0.05) is 17.4 Å². The largest absolute Gasteiger partial charge is 0.300 e. The third kappa shape index (κ3) is 3.20. The number of carbonyl (C=O) groups is 1. The average Bonchev–Trinajstić information content (AvgIpc) is 2.76. The van der Waals surface area contributed by atoms with E-state index in [0.29, 0.717) is 12.8 Å². The van der Waals surface area contributed by atoms with Gasteiger partial charge in [-0.25, -0.2) is 9.37 Å². The molecule has 1 aromatic heterocycles. The average molecular weight is 249 g/mol. The van der Waals surface area contributed by atoms with Crippen LogP contribution in [0.15, 0.2) is 29.6 Å². The molecule has 0 unspecified atom stereocenters. The van der Waals surface area contributed by atoms with E-state index < -0.39 is 0 Å². The predicted octanol–water partition coefficient (Wildman–Crippen LogP) is 3.47. The van der Waals surface area contributed by atoms with Crippen LogP contribution in [0.2, 0.25) is 0 Å². The summed E-state index contributed by atoms with van der Waals surface area (Å²) < 4.78 is 12.8. The molecule has 0 aliphatic heterocycles. The Morgan fingerprint density at radius 3 is 2.71 bits per heavy atom. The van der Waals surface area contributed by atoms with Gasteiger partial charge in [0.05, 0.1) is 5.69 Å². The number of ketones is 1. The van der Waals surface area contributed by atoms with Crippen LogP contribution >= 0.6 is 11.3 Å². The number of halogens is 1. The van der Waals surface area contributed by atoms with Crippen molar-refractivity contribution in [3.8, 4) is 10.6 Å². The molecule has 0 atom stereocenters. The Labute approximate surface area is 103 Å². The minimum absolute atomic E-state index is 0.168. The lowest BCUT2D eigenvalue weighted by molar-refractivity contribution is -0.116. The van der Waals surface area contributed by atoms with Gasteiger partial charge in [0.25, 0.3) is 0 Å². The molecule has 1 heterocycles. The molecule has 0 N–H and O–H groups in total. The fourth-order valence-electron chi connectivity index (χ4n) is 1.45. The Morgan fingerprint density at radius 1 is 1.35 bits per heavy atom. The summed E-state index contributed by atoms with van der Waals surface area (Å²) in [7, 11) is 0. The van der Waals surface area contributed by atoms with Gasteiger partial charge in [0.2, 0.25) is 0 Å². The van der Waals surface area contributed by atoms with Crippen molar-refractivity contribution in [2.45, 2.75) is 19.8 Å². The predicted molar refractivity (Wildman–Crippen MR) is 66.5 cm³/mol. The summed E-state index contributed by atoms with van der Waals surface area (Å²) in [5.41, 5.74) is 1.83. The first-order valence-corrected chi connectivity index (χ1v) is 6.23. The van der Waals surface area contributed by atoms with Crippen molar-refractivity contribution >= 4 is 17.1 Å². The van der Waals surface area contributed by atoms with Crippen molar-refractivity contribution in [1.82, 2.24) is 4.98 Å². The zero-order valence-electron chi connectivity index (χ0n) is 9.44. The van der Waals surface area contributed by atoms with E-state index >= 15 is 0 Å². The zero-order valence-corrected chi connectivity index (χ0v) is 10.3. The van der Waals surface area contributed by atoms with Gasteiger partial charge in [-0.3, -0.25) is 0 Å². The molecular weight excluding hydrogens is 237 g/mol. The number of hydrogen-bond acceptors (Lipinski definition) is 3. The van der Waals surface area contributed by atoms with Gasteiger partial charge in [-0.05, 0) is 37.6 Å². The van der Waals surface area contributed by atoms with E-state index in [-0.39, 0.29) is 11.6 Å². The van der Waals surface area contributed by atoms with Crippen LogP contribution in [-0.2, 0) is 11.2 Å². The normalized spacial score (nSPS) is 10.5. The molecule has 0 amide bonds. The number of hydrogen-bond donors (Lipinski definition) is 0. The Morgan fingerprint density at radius 2 is 2.06 bits per heavy atom. The van der Waals surface area contributed by atoms with Crippen LogP contribution in [0.5, 0.6) is 0 Å². The maximum atomic E-state index is 12.8. The molecule has 88 valence electrons. The van der Waals surface area contributed by atoms with Crippen molar-refractivity contribution in [2.24, 2.45) is 0 Å². The summed E-state index contributed by atoms with van der Waals surface area (Å²) in [5.74, 6) is -0.0801. The minimum atomic E-state index is -0.248. The fraction of sp³-hybridized carbons (Fsp3) is 0.231. The van der Waals surface area contributed by atoms with Crippen LogP contribution in [0.3, 0.4) is 0 Å². The number of thiazole rings is 1. The first-order valence-electron chi connectivity index (χ1n) is 5.35. The lowest BCUT2D eigenvalue weighted by Gasteiger charge is -1.95. The third-order valence-electron chi connectivity index (χ3n) is 2.38. The highest BCUT2D eigenvalue weighted by Gasteiger charge is 2.05. The van der Waals surface area contributed by atoms with Crippen molar-refractivity contribution in [2.75, 3.05) is 0 Å². The number of carbonyl (C=O) groups excluding carboxylic acids is 1. The molecule has 2 aromatic rings. The Bertz CT molecular complexity index is 518. The molecule has 2 rings (SSSR count). The summed E-state index contributed by atoms with van der Waals surface area (Å²) in [6, 6.07) is 6.27. The molecule has 0 aliphatic carbocycles. The first kappa shape index (κ1) is 11.9. The number of aryl methyl sites for hydroxylation is 1. The van der Waals surface area contributed by atoms with Gasteiger partial charge in [-0.2, -0.15) is 0 Å². The number of benzene rings is 1. The summed E-state index contributed by atoms with van der Waals surface area (Å²) in [6.45, 7) is 1.58. The van der Waals surface area contributed by atoms with Gasteiger partial charge in [0.1, 0.15) is 16.6 Å². The van der Waals surface area contributed by atoms with E-state index in [4.69, 9.17) is 0 Å². The molecule has 0 radical (unpaired) electrons. The van der Waals surface area contributed by atoms with Crippen LogP contribution in [0.4, 0.5) is 4.39 Å². The summed E-state index contributed by atoms with van der Waals surface area (Å²) >= 11 is 1.52. The lowest BCUT2D eigenvalue weighted by Crippen LogP contribution is -1.94. The minimum Gasteiger partial charge on any atom is -0.300 e. The van der Waals surface area contributed by atoms with E-state index in [1.165, 1.54) is 23.5 Å². The highest BCUT2D eigenvalue weighted by molar-refractivity contribution is 7.13. The molecule has 2 nitrogen and oxygen atoms in total. The highest BCUT2D eigenvalue weighted by atomic mass is 32.1. The molecule has 0 fully saturated rings. The van der Waals surface area contributed by atoms with Gasteiger partial charge in [-0.1, -0.05) is 0 Å². The van der Waals surface area contributed by atoms with Gasteiger partial charge < -0.3 is 4.79 Å². The SMILES string of the molecule is CC(=O)CCc1csc(-c2ccc(F)cc2)n1. The van der Waals surface area contributed by atoms with Crippen LogP contribution in [0.25, 0.3) is 10.6 Å². The number of Topliss-reactive ketones (excluding diaryl/α,β-unsaturated/α-hetero) is 1. The topological polar surface area (TPSA) is 30.0 Å². The Balaban J connectivity index is 2.12. The van der Waals surface area contributed by atoms with Crippen molar-refractivity contribution in [3.05, 3.63) is 41.2 Å². The number of aromatic nitrogens is 1. The van der Waals surface area contributed by atoms with Crippen LogP contribution < -0.4 is 0 Å². The Kier molecular flexibility index (Phi) is 3.64. The Hall–Kier alpha value is -1.55. The van der Waals surface area contributed by atoms with E-state index in [0.717, 1.165) is 16.3 Å². The van der Waals surface area contributed by atoms with Crippen molar-refractivity contribution in [1.29, 1.82) is 0 Å². The number of rotatable bonds is 4. The highest BCUT2D eigenvalue weighted by Crippen LogP contribution is 2.24. The lowest BCUT2D eigenvalue weighted by atomic mass is 10.2. The standard InChI is InChI=1S/C13H12FNOS/c1-9(16)2-7-12-8-17-13(15-12)10-3-5-11(14)6-4-10/h3-6,8H,2,7H2,1H3. The monoisotopic (exact) mass is 249 g/mol. The van der Waals surface area contributed by atoms with E-state index in [9.17, 15) is 9.18 Å². The molecular formula is C13H12FNOS. The quantitative estimate of drug-likeness (QED) is 0.830. The second-order valence-corrected chi connectivity index (χ2v) is 4.71. The van der Waals surface area contributed by atoms with Crippen molar-refractivity contribution in [3.63, 3.8) is 0 Å². The summed E-state index contributed by atoms with van der Waals surface area (Å²) in [5, 5.41) is 2.81. The van der Waals surface area contributed by atoms with Gasteiger partial charge in [-0.15, -0.1) is 11.3 Å². The third-order valence-corrected chi connectivity index (χ3v) is 3.32. The fourth-order valence-corrected chi connectivity index (χ4v) is 2.31. The van der Waals surface area contributed by atoms with Crippen molar-refractivity contribution < 1.29 is 9.18 Å². The van der Waals surface area contributed by atoms with Crippen LogP contribution in [0.1, 0.15) is 19.0 Å². The molecule has 0 bridgehead atoms. The molecule has 4 heteroatoms. The van der Waals surface area contributed by atoms with E-state index in [2.05, 4.69) is 4.98 Å². The number of nitrogens with zero attached hydrogens (tertiary/aromatic N) is 1. The molecule has 0 aliphatic rings. The van der Waals surface area contributed by atoms with E-state index in [1.54, 1.807) is 19.1 Å². The maximum Gasteiger partial charge on any atom is 0.130 e. The first-order chi connectivity index (χ1) is 8.15. The van der Waals surface area contributed by atoms with Crippen LogP contribution in [-0.4, -0.2) is 10.8 Å². The smallest absolute Gasteiger partial charge is 0.130 e. The molecule has 0 saturated heterocycles. The van der Waals surface area contributed by atoms with E-state index in [1.807, 2.05) is 5.38 Å². The second kappa shape index (κ2) is 5.19. The molecule has 17 heavy (non-hydrogen) atoms. The van der Waals surface area contributed by atoms with Gasteiger partial charge >= 0.3 is 0 Å². The van der Waals surface area contributed by atoms with Gasteiger partial charge in [0.15, 0.2) is 0 Å². The molecule has 0 spiro atoms. The summed E-state index contributed by atoms with van der Waals surface area (Å²) in [6.07, 6.45) is 1.19.